The van der Waals surface area contributed by atoms with Crippen LogP contribution in [0.1, 0.15) is 21.5 Å². The van der Waals surface area contributed by atoms with Gasteiger partial charge in [-0.3, -0.25) is 9.78 Å². The Bertz CT molecular complexity index is 582. The number of amides is 1. The molecule has 0 aliphatic heterocycles. The standard InChI is InChI=1S/C15H16N2O2/c1-11-13(4-3-5-14(11)18)15(19)17(2)10-12-6-8-16-9-7-12/h3-9,18H,10H2,1-2H3. The molecule has 2 rings (SSSR count). The van der Waals surface area contributed by atoms with Crippen molar-refractivity contribution in [1.82, 2.24) is 9.88 Å². The first kappa shape index (κ1) is 13.1. The van der Waals surface area contributed by atoms with Crippen molar-refractivity contribution in [3.8, 4) is 5.75 Å². The first-order chi connectivity index (χ1) is 9.09. The van der Waals surface area contributed by atoms with Gasteiger partial charge in [0.05, 0.1) is 0 Å². The van der Waals surface area contributed by atoms with E-state index in [0.717, 1.165) is 5.56 Å². The van der Waals surface area contributed by atoms with Crippen LogP contribution in [0.3, 0.4) is 0 Å². The summed E-state index contributed by atoms with van der Waals surface area (Å²) < 4.78 is 0. The highest BCUT2D eigenvalue weighted by Gasteiger charge is 2.15. The summed E-state index contributed by atoms with van der Waals surface area (Å²) in [7, 11) is 1.74. The van der Waals surface area contributed by atoms with Gasteiger partial charge in [0.1, 0.15) is 5.75 Å². The van der Waals surface area contributed by atoms with Crippen molar-refractivity contribution in [3.63, 3.8) is 0 Å². The first-order valence-corrected chi connectivity index (χ1v) is 6.02. The van der Waals surface area contributed by atoms with Crippen LogP contribution in [0, 0.1) is 6.92 Å². The average molecular weight is 256 g/mol. The SMILES string of the molecule is Cc1c(O)cccc1C(=O)N(C)Cc1ccncc1. The van der Waals surface area contributed by atoms with Gasteiger partial charge in [-0.25, -0.2) is 0 Å². The van der Waals surface area contributed by atoms with Gasteiger partial charge in [0.25, 0.3) is 5.91 Å². The van der Waals surface area contributed by atoms with E-state index in [0.29, 0.717) is 17.7 Å². The second kappa shape index (κ2) is 5.52. The minimum atomic E-state index is -0.106. The van der Waals surface area contributed by atoms with Crippen molar-refractivity contribution >= 4 is 5.91 Å². The number of carbonyl (C=O) groups excluding carboxylic acids is 1. The highest BCUT2D eigenvalue weighted by molar-refractivity contribution is 5.96. The fourth-order valence-electron chi connectivity index (χ4n) is 1.89. The van der Waals surface area contributed by atoms with Crippen LogP contribution in [0.2, 0.25) is 0 Å². The van der Waals surface area contributed by atoms with Crippen LogP contribution in [0.5, 0.6) is 5.75 Å². The molecule has 1 amide bonds. The molecule has 0 fully saturated rings. The molecule has 0 bridgehead atoms. The molecule has 0 aliphatic rings. The Morgan fingerprint density at radius 2 is 1.95 bits per heavy atom. The maximum Gasteiger partial charge on any atom is 0.254 e. The normalized spacial score (nSPS) is 10.2. The van der Waals surface area contributed by atoms with E-state index in [9.17, 15) is 9.90 Å². The molecular formula is C15H16N2O2. The van der Waals surface area contributed by atoms with Gasteiger partial charge in [-0.15, -0.1) is 0 Å². The quantitative estimate of drug-likeness (QED) is 0.917. The maximum absolute atomic E-state index is 12.3. The van der Waals surface area contributed by atoms with E-state index in [2.05, 4.69) is 4.98 Å². The number of aromatic nitrogens is 1. The van der Waals surface area contributed by atoms with Crippen LogP contribution in [0.25, 0.3) is 0 Å². The predicted molar refractivity (Wildman–Crippen MR) is 72.9 cm³/mol. The zero-order chi connectivity index (χ0) is 13.8. The molecule has 0 saturated heterocycles. The maximum atomic E-state index is 12.3. The molecule has 0 unspecified atom stereocenters. The molecule has 0 spiro atoms. The smallest absolute Gasteiger partial charge is 0.254 e. The fraction of sp³-hybridized carbons (Fsp3) is 0.200. The van der Waals surface area contributed by atoms with Crippen LogP contribution >= 0.6 is 0 Å². The number of nitrogens with zero attached hydrogens (tertiary/aromatic N) is 2. The molecule has 1 aromatic carbocycles. The van der Waals surface area contributed by atoms with Gasteiger partial charge >= 0.3 is 0 Å². The summed E-state index contributed by atoms with van der Waals surface area (Å²) in [5.74, 6) is 0.0355. The van der Waals surface area contributed by atoms with Gasteiger partial charge in [0.2, 0.25) is 0 Å². The molecule has 1 aromatic heterocycles. The highest BCUT2D eigenvalue weighted by Crippen LogP contribution is 2.21. The zero-order valence-corrected chi connectivity index (χ0v) is 11.0. The minimum absolute atomic E-state index is 0.106. The van der Waals surface area contributed by atoms with Gasteiger partial charge in [-0.05, 0) is 36.8 Å². The lowest BCUT2D eigenvalue weighted by atomic mass is 10.1. The van der Waals surface area contributed by atoms with E-state index in [-0.39, 0.29) is 11.7 Å². The second-order valence-electron chi connectivity index (χ2n) is 4.47. The number of benzene rings is 1. The molecule has 1 N–H and O–H groups in total. The van der Waals surface area contributed by atoms with Gasteiger partial charge in [-0.2, -0.15) is 0 Å². The summed E-state index contributed by atoms with van der Waals surface area (Å²) in [5.41, 5.74) is 2.15. The van der Waals surface area contributed by atoms with E-state index < -0.39 is 0 Å². The van der Waals surface area contributed by atoms with Gasteiger partial charge < -0.3 is 10.0 Å². The molecule has 19 heavy (non-hydrogen) atoms. The number of rotatable bonds is 3. The fourth-order valence-corrected chi connectivity index (χ4v) is 1.89. The largest absolute Gasteiger partial charge is 0.508 e. The van der Waals surface area contributed by atoms with Gasteiger partial charge in [-0.1, -0.05) is 6.07 Å². The van der Waals surface area contributed by atoms with Gasteiger partial charge in [0.15, 0.2) is 0 Å². The Morgan fingerprint density at radius 3 is 2.63 bits per heavy atom. The highest BCUT2D eigenvalue weighted by atomic mass is 16.3. The molecule has 4 nitrogen and oxygen atoms in total. The minimum Gasteiger partial charge on any atom is -0.508 e. The van der Waals surface area contributed by atoms with Crippen LogP contribution < -0.4 is 0 Å². The lowest BCUT2D eigenvalue weighted by Crippen LogP contribution is -2.26. The molecule has 0 saturated carbocycles. The number of phenolic OH excluding ortho intramolecular Hbond substituents is 1. The third-order valence-electron chi connectivity index (χ3n) is 3.05. The first-order valence-electron chi connectivity index (χ1n) is 6.02. The zero-order valence-electron chi connectivity index (χ0n) is 11.0. The van der Waals surface area contributed by atoms with Crippen molar-refractivity contribution in [1.29, 1.82) is 0 Å². The Morgan fingerprint density at radius 1 is 1.26 bits per heavy atom. The topological polar surface area (TPSA) is 53.4 Å². The van der Waals surface area contributed by atoms with E-state index in [4.69, 9.17) is 0 Å². The Balaban J connectivity index is 2.18. The van der Waals surface area contributed by atoms with Gasteiger partial charge in [0, 0.05) is 37.1 Å². The summed E-state index contributed by atoms with van der Waals surface area (Å²) in [5, 5.41) is 9.64. The summed E-state index contributed by atoms with van der Waals surface area (Å²) in [4.78, 5) is 17.9. The number of pyridine rings is 1. The van der Waals surface area contributed by atoms with E-state index in [1.165, 1.54) is 0 Å². The van der Waals surface area contributed by atoms with Crippen LogP contribution in [-0.2, 0) is 6.54 Å². The summed E-state index contributed by atoms with van der Waals surface area (Å²) in [6.07, 6.45) is 3.40. The lowest BCUT2D eigenvalue weighted by Gasteiger charge is -2.18. The Labute approximate surface area is 112 Å². The number of hydrogen-bond acceptors (Lipinski definition) is 3. The van der Waals surface area contributed by atoms with Crippen molar-refractivity contribution < 1.29 is 9.90 Å². The van der Waals surface area contributed by atoms with Crippen molar-refractivity contribution in [3.05, 3.63) is 59.4 Å². The van der Waals surface area contributed by atoms with E-state index in [1.807, 2.05) is 12.1 Å². The third-order valence-corrected chi connectivity index (χ3v) is 3.05. The molecule has 1 heterocycles. The van der Waals surface area contributed by atoms with E-state index >= 15 is 0 Å². The molecule has 0 aliphatic carbocycles. The molecule has 0 radical (unpaired) electrons. The molecule has 4 heteroatoms. The van der Waals surface area contributed by atoms with Crippen molar-refractivity contribution in [2.24, 2.45) is 0 Å². The number of carbonyl (C=O) groups is 1. The number of aromatic hydroxyl groups is 1. The predicted octanol–water partition coefficient (Wildman–Crippen LogP) is 2.37. The van der Waals surface area contributed by atoms with E-state index in [1.54, 1.807) is 49.5 Å². The molecule has 0 atom stereocenters. The van der Waals surface area contributed by atoms with Crippen molar-refractivity contribution in [2.75, 3.05) is 7.05 Å². The average Bonchev–Trinajstić information content (AvgIpc) is 2.42. The van der Waals surface area contributed by atoms with Crippen LogP contribution in [-0.4, -0.2) is 27.9 Å². The summed E-state index contributed by atoms with van der Waals surface area (Å²) in [6.45, 7) is 2.25. The monoisotopic (exact) mass is 256 g/mol. The molecule has 98 valence electrons. The molecular weight excluding hydrogens is 240 g/mol. The van der Waals surface area contributed by atoms with Crippen LogP contribution in [0.15, 0.2) is 42.7 Å². The van der Waals surface area contributed by atoms with Crippen LogP contribution in [0.4, 0.5) is 0 Å². The molecule has 2 aromatic rings. The summed E-state index contributed by atoms with van der Waals surface area (Å²) >= 11 is 0. The number of phenols is 1. The Hall–Kier alpha value is -2.36. The second-order valence-corrected chi connectivity index (χ2v) is 4.47. The lowest BCUT2D eigenvalue weighted by molar-refractivity contribution is 0.0784. The van der Waals surface area contributed by atoms with Crippen molar-refractivity contribution in [2.45, 2.75) is 13.5 Å². The summed E-state index contributed by atoms with van der Waals surface area (Å²) in [6, 6.07) is 8.73. The number of hydrogen-bond donors (Lipinski definition) is 1. The third kappa shape index (κ3) is 2.91. The Kier molecular flexibility index (Phi) is 3.80.